The number of carbonyl (C=O) groups excluding carboxylic acids is 3. The van der Waals surface area contributed by atoms with E-state index >= 15 is 0 Å². The molecule has 0 fully saturated rings. The average molecular weight is 462 g/mol. The smallest absolute Gasteiger partial charge is 0.420 e. The van der Waals surface area contributed by atoms with Gasteiger partial charge in [0.15, 0.2) is 5.69 Å². The van der Waals surface area contributed by atoms with Crippen LogP contribution in [0.3, 0.4) is 0 Å². The van der Waals surface area contributed by atoms with E-state index in [1.165, 1.54) is 4.68 Å². The van der Waals surface area contributed by atoms with Gasteiger partial charge in [-0.2, -0.15) is 5.10 Å². The van der Waals surface area contributed by atoms with Crippen LogP contribution in [0.2, 0.25) is 0 Å². The second-order valence-electron chi connectivity index (χ2n) is 8.00. The van der Waals surface area contributed by atoms with Crippen molar-refractivity contribution >= 4 is 34.1 Å². The Morgan fingerprint density at radius 2 is 1.50 bits per heavy atom. The van der Waals surface area contributed by atoms with Crippen molar-refractivity contribution in [1.82, 2.24) is 14.7 Å². The minimum atomic E-state index is -0.878. The molecule has 0 aliphatic rings. The Hall–Kier alpha value is -2.10. The zero-order valence-electron chi connectivity index (χ0n) is 17.6. The van der Waals surface area contributed by atoms with Crippen molar-refractivity contribution in [2.45, 2.75) is 66.2 Å². The number of rotatable bonds is 4. The summed E-state index contributed by atoms with van der Waals surface area (Å²) in [7, 11) is 1.56. The Morgan fingerprint density at radius 3 is 1.89 bits per heavy atom. The Balaban J connectivity index is 3.23. The molecule has 1 aromatic heterocycles. The number of halogens is 1. The van der Waals surface area contributed by atoms with Crippen LogP contribution in [0.5, 0.6) is 0 Å². The summed E-state index contributed by atoms with van der Waals surface area (Å²) in [5, 5.41) is 4.22. The fourth-order valence-electron chi connectivity index (χ4n) is 2.06. The third-order valence-corrected chi connectivity index (χ3v) is 3.89. The number of imide groups is 1. The van der Waals surface area contributed by atoms with Crippen LogP contribution in [-0.2, 0) is 27.8 Å². The van der Waals surface area contributed by atoms with Gasteiger partial charge in [-0.1, -0.05) is 0 Å². The number of aromatic nitrogens is 2. The molecule has 0 saturated carbocycles. The molecule has 1 heterocycles. The molecule has 0 saturated heterocycles. The number of aryl methyl sites for hydroxylation is 1. The Morgan fingerprint density at radius 1 is 1.04 bits per heavy atom. The topological polar surface area (TPSA) is 100.0 Å². The van der Waals surface area contributed by atoms with Gasteiger partial charge in [0.05, 0.1) is 23.3 Å². The van der Waals surface area contributed by atoms with Gasteiger partial charge >= 0.3 is 18.2 Å². The molecule has 2 amide bonds. The summed E-state index contributed by atoms with van der Waals surface area (Å²) in [6.45, 7) is 11.8. The van der Waals surface area contributed by atoms with Crippen LogP contribution in [0.4, 0.5) is 9.59 Å². The van der Waals surface area contributed by atoms with Crippen molar-refractivity contribution in [2.24, 2.45) is 7.05 Å². The van der Waals surface area contributed by atoms with E-state index in [-0.39, 0.29) is 24.5 Å². The first kappa shape index (κ1) is 23.9. The third-order valence-electron chi connectivity index (χ3n) is 3.06. The maximum absolute atomic E-state index is 12.6. The van der Waals surface area contributed by atoms with Crippen molar-refractivity contribution in [3.05, 3.63) is 15.9 Å². The van der Waals surface area contributed by atoms with Crippen molar-refractivity contribution in [3.63, 3.8) is 0 Å². The highest BCUT2D eigenvalue weighted by Gasteiger charge is 2.33. The van der Waals surface area contributed by atoms with E-state index < -0.39 is 29.4 Å². The van der Waals surface area contributed by atoms with Crippen LogP contribution in [0.15, 0.2) is 4.47 Å². The molecule has 0 bridgehead atoms. The predicted octanol–water partition coefficient (Wildman–Crippen LogP) is 4.03. The van der Waals surface area contributed by atoms with Crippen LogP contribution in [0, 0.1) is 0 Å². The van der Waals surface area contributed by atoms with Crippen LogP contribution >= 0.6 is 15.9 Å². The third kappa shape index (κ3) is 6.81. The quantitative estimate of drug-likeness (QED) is 0.492. The summed E-state index contributed by atoms with van der Waals surface area (Å²) in [4.78, 5) is 38.1. The van der Waals surface area contributed by atoms with E-state index in [1.807, 2.05) is 0 Å². The van der Waals surface area contributed by atoms with Gasteiger partial charge in [0.2, 0.25) is 0 Å². The van der Waals surface area contributed by atoms with E-state index in [9.17, 15) is 14.4 Å². The van der Waals surface area contributed by atoms with Crippen LogP contribution in [0.1, 0.15) is 64.6 Å². The molecule has 10 heteroatoms. The fourth-order valence-corrected chi connectivity index (χ4v) is 2.69. The lowest BCUT2D eigenvalue weighted by Gasteiger charge is -2.28. The van der Waals surface area contributed by atoms with Gasteiger partial charge in [0.25, 0.3) is 0 Å². The SMILES string of the molecule is CCOC(=O)c1c(Br)c(CN(C(=O)OC(C)(C)C)C(=O)OC(C)(C)C)nn1C. The molecular weight excluding hydrogens is 434 g/mol. The van der Waals surface area contributed by atoms with Crippen molar-refractivity contribution in [3.8, 4) is 0 Å². The predicted molar refractivity (Wildman–Crippen MR) is 105 cm³/mol. The first-order chi connectivity index (χ1) is 12.7. The highest BCUT2D eigenvalue weighted by molar-refractivity contribution is 9.10. The Bertz CT molecular complexity index is 718. The maximum Gasteiger partial charge on any atom is 0.420 e. The molecule has 0 aliphatic carbocycles. The maximum atomic E-state index is 12.6. The number of amides is 2. The van der Waals surface area contributed by atoms with Crippen molar-refractivity contribution < 1.29 is 28.6 Å². The molecule has 1 rings (SSSR count). The molecule has 0 N–H and O–H groups in total. The van der Waals surface area contributed by atoms with Gasteiger partial charge in [-0.25, -0.2) is 19.3 Å². The van der Waals surface area contributed by atoms with Crippen LogP contribution in [-0.4, -0.2) is 50.6 Å². The lowest BCUT2D eigenvalue weighted by Crippen LogP contribution is -2.43. The molecule has 9 nitrogen and oxygen atoms in total. The van der Waals surface area contributed by atoms with Crippen LogP contribution in [0.25, 0.3) is 0 Å². The summed E-state index contributed by atoms with van der Waals surface area (Å²) in [5.74, 6) is -0.572. The largest absolute Gasteiger partial charge is 0.461 e. The number of nitrogens with zero attached hydrogens (tertiary/aromatic N) is 3. The first-order valence-electron chi connectivity index (χ1n) is 8.78. The normalized spacial score (nSPS) is 11.8. The van der Waals surface area contributed by atoms with Gasteiger partial charge in [0.1, 0.15) is 11.2 Å². The number of ether oxygens (including phenoxy) is 3. The molecule has 0 atom stereocenters. The lowest BCUT2D eigenvalue weighted by molar-refractivity contribution is -0.000569. The van der Waals surface area contributed by atoms with E-state index in [0.29, 0.717) is 4.47 Å². The number of carbonyl (C=O) groups is 3. The van der Waals surface area contributed by atoms with E-state index in [0.717, 1.165) is 4.90 Å². The number of esters is 1. The standard InChI is InChI=1S/C18H28BrN3O6/c1-9-26-14(23)13-12(19)11(20-21(13)8)10-22(15(24)27-17(2,3)4)16(25)28-18(5,6)7/h9-10H2,1-8H3. The molecule has 0 aliphatic heterocycles. The molecule has 158 valence electrons. The highest BCUT2D eigenvalue weighted by atomic mass is 79.9. The van der Waals surface area contributed by atoms with E-state index in [2.05, 4.69) is 21.0 Å². The van der Waals surface area contributed by atoms with Gasteiger partial charge in [-0.3, -0.25) is 4.68 Å². The Kier molecular flexibility index (Phi) is 7.64. The summed E-state index contributed by atoms with van der Waals surface area (Å²) < 4.78 is 17.3. The molecule has 0 aromatic carbocycles. The van der Waals surface area contributed by atoms with E-state index in [4.69, 9.17) is 14.2 Å². The first-order valence-corrected chi connectivity index (χ1v) is 9.57. The minimum Gasteiger partial charge on any atom is -0.461 e. The molecule has 28 heavy (non-hydrogen) atoms. The number of hydrogen-bond donors (Lipinski definition) is 0. The summed E-state index contributed by atoms with van der Waals surface area (Å²) >= 11 is 3.31. The summed E-state index contributed by atoms with van der Waals surface area (Å²) in [6.07, 6.45) is -1.76. The second-order valence-corrected chi connectivity index (χ2v) is 8.79. The zero-order valence-corrected chi connectivity index (χ0v) is 19.2. The van der Waals surface area contributed by atoms with Gasteiger partial charge in [-0.15, -0.1) is 0 Å². The Labute approximate surface area is 173 Å². The van der Waals surface area contributed by atoms with Crippen LogP contribution < -0.4 is 0 Å². The second kappa shape index (κ2) is 8.93. The molecular formula is C18H28BrN3O6. The van der Waals surface area contributed by atoms with Gasteiger partial charge in [0, 0.05) is 7.05 Å². The number of hydrogen-bond acceptors (Lipinski definition) is 7. The monoisotopic (exact) mass is 461 g/mol. The average Bonchev–Trinajstić information content (AvgIpc) is 2.75. The highest BCUT2D eigenvalue weighted by Crippen LogP contribution is 2.25. The van der Waals surface area contributed by atoms with Gasteiger partial charge in [-0.05, 0) is 64.4 Å². The minimum absolute atomic E-state index is 0.171. The molecule has 0 unspecified atom stereocenters. The van der Waals surface area contributed by atoms with Gasteiger partial charge < -0.3 is 14.2 Å². The van der Waals surface area contributed by atoms with Crippen molar-refractivity contribution in [1.29, 1.82) is 0 Å². The molecule has 0 radical (unpaired) electrons. The summed E-state index contributed by atoms with van der Waals surface area (Å²) in [5.41, 5.74) is -1.17. The fraction of sp³-hybridized carbons (Fsp3) is 0.667. The zero-order chi connectivity index (χ0) is 21.9. The summed E-state index contributed by atoms with van der Waals surface area (Å²) in [6, 6.07) is 0. The van der Waals surface area contributed by atoms with E-state index in [1.54, 1.807) is 55.5 Å². The molecule has 1 aromatic rings. The molecule has 0 spiro atoms. The van der Waals surface area contributed by atoms with Crippen molar-refractivity contribution in [2.75, 3.05) is 6.61 Å². The lowest BCUT2D eigenvalue weighted by atomic mass is 10.2.